The summed E-state index contributed by atoms with van der Waals surface area (Å²) in [6.45, 7) is 5.67. The number of ether oxygens (including phenoxy) is 1. The quantitative estimate of drug-likeness (QED) is 0.596. The highest BCUT2D eigenvalue weighted by molar-refractivity contribution is 5.83. The monoisotopic (exact) mass is 368 g/mol. The fraction of sp³-hybridized carbons (Fsp3) is 0.833. The van der Waals surface area contributed by atoms with Gasteiger partial charge in [0.25, 0.3) is 5.91 Å². The summed E-state index contributed by atoms with van der Waals surface area (Å²) in [4.78, 5) is 43.5. The van der Waals surface area contributed by atoms with E-state index in [1.807, 2.05) is 4.90 Å². The van der Waals surface area contributed by atoms with E-state index < -0.39 is 5.97 Å². The molecule has 0 spiro atoms. The second-order valence-electron chi connectivity index (χ2n) is 7.40. The van der Waals surface area contributed by atoms with Crippen molar-refractivity contribution in [2.24, 2.45) is 0 Å². The van der Waals surface area contributed by atoms with Crippen molar-refractivity contribution in [1.82, 2.24) is 19.6 Å². The number of likely N-dealkylation sites (tertiary alicyclic amines) is 1. The maximum Gasteiger partial charge on any atom is 0.306 e. The van der Waals surface area contributed by atoms with E-state index in [1.54, 1.807) is 14.1 Å². The Morgan fingerprint density at radius 3 is 2.15 bits per heavy atom. The topological polar surface area (TPSA) is 73.4 Å². The van der Waals surface area contributed by atoms with Crippen molar-refractivity contribution in [2.45, 2.75) is 31.7 Å². The van der Waals surface area contributed by atoms with Crippen LogP contribution in [0.1, 0.15) is 25.7 Å². The van der Waals surface area contributed by atoms with Gasteiger partial charge in [0, 0.05) is 65.8 Å². The van der Waals surface area contributed by atoms with Crippen molar-refractivity contribution in [3.63, 3.8) is 0 Å². The molecule has 148 valence electrons. The number of carbonyl (C=O) groups excluding carboxylic acids is 3. The summed E-state index contributed by atoms with van der Waals surface area (Å²) in [6, 6.07) is 0.565. The van der Waals surface area contributed by atoms with E-state index in [2.05, 4.69) is 16.8 Å². The average molecular weight is 368 g/mol. The van der Waals surface area contributed by atoms with Gasteiger partial charge in [0.2, 0.25) is 5.91 Å². The standard InChI is InChI=1S/C18H32N4O4/c1-19(2)17(24)14-26-18(25)5-4-16(23)22-8-6-15(7-9-22)21-12-10-20(3)11-13-21/h15H,4-14H2,1-3H3. The summed E-state index contributed by atoms with van der Waals surface area (Å²) in [5.41, 5.74) is 0. The van der Waals surface area contributed by atoms with E-state index in [4.69, 9.17) is 4.74 Å². The Morgan fingerprint density at radius 1 is 0.962 bits per heavy atom. The molecule has 2 amide bonds. The second kappa shape index (κ2) is 9.87. The Bertz CT molecular complexity index is 495. The maximum atomic E-state index is 12.3. The second-order valence-corrected chi connectivity index (χ2v) is 7.40. The molecule has 2 rings (SSSR count). The van der Waals surface area contributed by atoms with E-state index in [9.17, 15) is 14.4 Å². The van der Waals surface area contributed by atoms with E-state index in [0.717, 1.165) is 52.1 Å². The van der Waals surface area contributed by atoms with Crippen LogP contribution in [0, 0.1) is 0 Å². The van der Waals surface area contributed by atoms with Gasteiger partial charge >= 0.3 is 5.97 Å². The molecular formula is C18H32N4O4. The first-order valence-corrected chi connectivity index (χ1v) is 9.43. The minimum atomic E-state index is -0.499. The van der Waals surface area contributed by atoms with Gasteiger partial charge in [0.15, 0.2) is 6.61 Å². The number of esters is 1. The number of carbonyl (C=O) groups is 3. The van der Waals surface area contributed by atoms with Gasteiger partial charge in [-0.2, -0.15) is 0 Å². The highest BCUT2D eigenvalue weighted by Gasteiger charge is 2.28. The number of amides is 2. The number of hydrogen-bond donors (Lipinski definition) is 0. The van der Waals surface area contributed by atoms with Crippen LogP contribution in [0.25, 0.3) is 0 Å². The molecule has 0 aromatic carbocycles. The van der Waals surface area contributed by atoms with Crippen LogP contribution < -0.4 is 0 Å². The molecule has 0 aromatic heterocycles. The predicted molar refractivity (Wildman–Crippen MR) is 97.6 cm³/mol. The number of piperidine rings is 1. The maximum absolute atomic E-state index is 12.3. The van der Waals surface area contributed by atoms with Gasteiger partial charge in [0.1, 0.15) is 0 Å². The van der Waals surface area contributed by atoms with E-state index in [0.29, 0.717) is 6.04 Å². The van der Waals surface area contributed by atoms with Crippen molar-refractivity contribution in [3.8, 4) is 0 Å². The van der Waals surface area contributed by atoms with Gasteiger partial charge in [-0.1, -0.05) is 0 Å². The first-order chi connectivity index (χ1) is 12.4. The molecule has 2 fully saturated rings. The van der Waals surface area contributed by atoms with Gasteiger partial charge in [-0.05, 0) is 19.9 Å². The lowest BCUT2D eigenvalue weighted by Gasteiger charge is -2.42. The summed E-state index contributed by atoms with van der Waals surface area (Å²) in [5, 5.41) is 0. The van der Waals surface area contributed by atoms with Gasteiger partial charge < -0.3 is 19.4 Å². The van der Waals surface area contributed by atoms with Crippen LogP contribution in [0.15, 0.2) is 0 Å². The fourth-order valence-corrected chi connectivity index (χ4v) is 3.38. The number of hydrogen-bond acceptors (Lipinski definition) is 6. The highest BCUT2D eigenvalue weighted by Crippen LogP contribution is 2.19. The van der Waals surface area contributed by atoms with E-state index >= 15 is 0 Å². The minimum Gasteiger partial charge on any atom is -0.456 e. The van der Waals surface area contributed by atoms with Crippen molar-refractivity contribution < 1.29 is 19.1 Å². The van der Waals surface area contributed by atoms with Gasteiger partial charge in [-0.15, -0.1) is 0 Å². The molecule has 26 heavy (non-hydrogen) atoms. The lowest BCUT2D eigenvalue weighted by atomic mass is 10.0. The van der Waals surface area contributed by atoms with Crippen LogP contribution >= 0.6 is 0 Å². The van der Waals surface area contributed by atoms with Gasteiger partial charge in [0.05, 0.1) is 6.42 Å². The molecule has 2 aliphatic rings. The summed E-state index contributed by atoms with van der Waals surface area (Å²) in [6.07, 6.45) is 2.17. The third kappa shape index (κ3) is 6.25. The molecule has 0 saturated carbocycles. The van der Waals surface area contributed by atoms with Crippen LogP contribution in [0.3, 0.4) is 0 Å². The molecule has 2 heterocycles. The van der Waals surface area contributed by atoms with E-state index in [-0.39, 0.29) is 31.3 Å². The zero-order valence-corrected chi connectivity index (χ0v) is 16.3. The molecular weight excluding hydrogens is 336 g/mol. The van der Waals surface area contributed by atoms with E-state index in [1.165, 1.54) is 4.90 Å². The molecule has 0 atom stereocenters. The summed E-state index contributed by atoms with van der Waals surface area (Å²) in [5.74, 6) is -0.769. The third-order valence-electron chi connectivity index (χ3n) is 5.27. The Labute approximate surface area is 156 Å². The zero-order chi connectivity index (χ0) is 19.1. The van der Waals surface area contributed by atoms with Crippen LogP contribution in [0.2, 0.25) is 0 Å². The zero-order valence-electron chi connectivity index (χ0n) is 16.3. The predicted octanol–water partition coefficient (Wildman–Crippen LogP) is -0.364. The van der Waals surface area contributed by atoms with Crippen LogP contribution in [-0.4, -0.2) is 110 Å². The number of rotatable bonds is 6. The summed E-state index contributed by atoms with van der Waals surface area (Å²) >= 11 is 0. The Balaban J connectivity index is 1.63. The van der Waals surface area contributed by atoms with Gasteiger partial charge in [-0.25, -0.2) is 0 Å². The van der Waals surface area contributed by atoms with Crippen molar-refractivity contribution in [1.29, 1.82) is 0 Å². The summed E-state index contributed by atoms with van der Waals surface area (Å²) < 4.78 is 4.90. The molecule has 0 aliphatic carbocycles. The Hall–Kier alpha value is -1.67. The lowest BCUT2D eigenvalue weighted by molar-refractivity contribution is -0.152. The number of likely N-dealkylation sites (N-methyl/N-ethyl adjacent to an activating group) is 2. The van der Waals surface area contributed by atoms with Crippen LogP contribution in [0.4, 0.5) is 0 Å². The largest absolute Gasteiger partial charge is 0.456 e. The fourth-order valence-electron chi connectivity index (χ4n) is 3.38. The number of piperazine rings is 1. The molecule has 0 unspecified atom stereocenters. The Kier molecular flexibility index (Phi) is 7.84. The lowest BCUT2D eigenvalue weighted by Crippen LogP contribution is -2.53. The smallest absolute Gasteiger partial charge is 0.306 e. The van der Waals surface area contributed by atoms with Gasteiger partial charge in [-0.3, -0.25) is 19.3 Å². The first kappa shape index (κ1) is 20.6. The Morgan fingerprint density at radius 2 is 1.58 bits per heavy atom. The normalized spacial score (nSPS) is 20.0. The van der Waals surface area contributed by atoms with Crippen molar-refractivity contribution in [2.75, 3.05) is 67.0 Å². The molecule has 0 aromatic rings. The van der Waals surface area contributed by atoms with Crippen LogP contribution in [-0.2, 0) is 19.1 Å². The molecule has 2 aliphatic heterocycles. The third-order valence-corrected chi connectivity index (χ3v) is 5.27. The molecule has 8 nitrogen and oxygen atoms in total. The van der Waals surface area contributed by atoms with Crippen LogP contribution in [0.5, 0.6) is 0 Å². The highest BCUT2D eigenvalue weighted by atomic mass is 16.5. The molecule has 0 radical (unpaired) electrons. The molecule has 2 saturated heterocycles. The van der Waals surface area contributed by atoms with Crippen molar-refractivity contribution in [3.05, 3.63) is 0 Å². The average Bonchev–Trinajstić information content (AvgIpc) is 2.64. The number of nitrogens with zero attached hydrogens (tertiary/aromatic N) is 4. The molecule has 0 N–H and O–H groups in total. The SMILES string of the molecule is CN1CCN(C2CCN(C(=O)CCC(=O)OCC(=O)N(C)C)CC2)CC1. The molecule has 0 bridgehead atoms. The minimum absolute atomic E-state index is 0.00212. The van der Waals surface area contributed by atoms with Crippen molar-refractivity contribution >= 4 is 17.8 Å². The molecule has 8 heteroatoms. The first-order valence-electron chi connectivity index (χ1n) is 9.43. The summed E-state index contributed by atoms with van der Waals surface area (Å²) in [7, 11) is 5.36.